The summed E-state index contributed by atoms with van der Waals surface area (Å²) in [6.45, 7) is 3.10. The molecule has 0 radical (unpaired) electrons. The summed E-state index contributed by atoms with van der Waals surface area (Å²) >= 11 is 8.32. The standard InChI is InChI=1S/C29H26ClFN4O4S.C3H8S/c1-40(36,37)12-11-32-16-23-7-10-27(39-23)20-5-8-26-24(14-20)29(34-18-33-26)35-22-6-9-28(25(30)15-22)38-17-19-3-2-4-21(31)13-19;1-3-4-2/h2-10,13-15,18,32H,11-12,16-17H2,1H3,(H,33,34,35);3H2,1-2H3. The molecule has 44 heavy (non-hydrogen) atoms. The number of hydrogen-bond acceptors (Lipinski definition) is 9. The van der Waals surface area contributed by atoms with Gasteiger partial charge in [-0.1, -0.05) is 30.7 Å². The Morgan fingerprint density at radius 1 is 1.05 bits per heavy atom. The van der Waals surface area contributed by atoms with Gasteiger partial charge in [-0.25, -0.2) is 22.8 Å². The first-order valence-electron chi connectivity index (χ1n) is 13.8. The number of nitrogens with one attached hydrogen (secondary N) is 2. The molecule has 0 bridgehead atoms. The molecule has 2 heterocycles. The van der Waals surface area contributed by atoms with Gasteiger partial charge in [-0.05, 0) is 78.2 Å². The van der Waals surface area contributed by atoms with Gasteiger partial charge in [0.2, 0.25) is 0 Å². The highest BCUT2D eigenvalue weighted by atomic mass is 35.5. The summed E-state index contributed by atoms with van der Waals surface area (Å²) in [5.41, 5.74) is 2.99. The van der Waals surface area contributed by atoms with E-state index in [9.17, 15) is 12.8 Å². The van der Waals surface area contributed by atoms with Crippen molar-refractivity contribution in [3.8, 4) is 17.1 Å². The number of nitrogens with zero attached hydrogens (tertiary/aromatic N) is 2. The molecule has 0 aliphatic rings. The van der Waals surface area contributed by atoms with Crippen molar-refractivity contribution in [2.75, 3.05) is 35.9 Å². The Hall–Kier alpha value is -3.64. The number of thioether (sulfide) groups is 1. The fourth-order valence-corrected chi connectivity index (χ4v) is 4.78. The van der Waals surface area contributed by atoms with E-state index >= 15 is 0 Å². The van der Waals surface area contributed by atoms with Gasteiger partial charge in [0.1, 0.15) is 51.7 Å². The first-order valence-corrected chi connectivity index (χ1v) is 17.6. The van der Waals surface area contributed by atoms with Crippen LogP contribution in [0.4, 0.5) is 15.9 Å². The van der Waals surface area contributed by atoms with E-state index in [-0.39, 0.29) is 18.2 Å². The van der Waals surface area contributed by atoms with Crippen molar-refractivity contribution in [1.29, 1.82) is 0 Å². The maximum absolute atomic E-state index is 13.4. The van der Waals surface area contributed by atoms with E-state index in [1.54, 1.807) is 24.3 Å². The quantitative estimate of drug-likeness (QED) is 0.132. The first-order chi connectivity index (χ1) is 21.1. The van der Waals surface area contributed by atoms with Gasteiger partial charge < -0.3 is 19.8 Å². The van der Waals surface area contributed by atoms with Gasteiger partial charge in [0, 0.05) is 29.4 Å². The molecule has 0 atom stereocenters. The number of benzene rings is 3. The lowest BCUT2D eigenvalue weighted by Gasteiger charge is -2.12. The SMILES string of the molecule is CCSC.CS(=O)(=O)CCNCc1ccc(-c2ccc3ncnc(Nc4ccc(OCc5cccc(F)c5)c(Cl)c4)c3c2)o1. The summed E-state index contributed by atoms with van der Waals surface area (Å²) in [4.78, 5) is 8.80. The fourth-order valence-electron chi connectivity index (χ4n) is 4.03. The Bertz CT molecular complexity index is 1800. The minimum atomic E-state index is -3.02. The van der Waals surface area contributed by atoms with Crippen molar-refractivity contribution >= 4 is 55.6 Å². The van der Waals surface area contributed by atoms with Crippen LogP contribution in [-0.4, -0.2) is 48.9 Å². The van der Waals surface area contributed by atoms with E-state index in [1.165, 1.54) is 30.5 Å². The molecule has 0 unspecified atom stereocenters. The third-order valence-corrected chi connectivity index (χ3v) is 8.12. The molecule has 12 heteroatoms. The molecule has 2 N–H and O–H groups in total. The lowest BCUT2D eigenvalue weighted by molar-refractivity contribution is 0.306. The second kappa shape index (κ2) is 15.9. The van der Waals surface area contributed by atoms with Crippen molar-refractivity contribution in [2.24, 2.45) is 0 Å². The van der Waals surface area contributed by atoms with E-state index in [2.05, 4.69) is 33.8 Å². The van der Waals surface area contributed by atoms with Crippen LogP contribution < -0.4 is 15.4 Å². The van der Waals surface area contributed by atoms with Gasteiger partial charge in [-0.3, -0.25) is 0 Å². The fraction of sp³-hybridized carbons (Fsp3) is 0.250. The third kappa shape index (κ3) is 9.95. The second-order valence-electron chi connectivity index (χ2n) is 9.79. The molecular weight excluding hydrogens is 623 g/mol. The summed E-state index contributed by atoms with van der Waals surface area (Å²) in [5, 5.41) is 7.56. The predicted octanol–water partition coefficient (Wildman–Crippen LogP) is 7.51. The molecule has 0 fully saturated rings. The molecule has 5 aromatic rings. The van der Waals surface area contributed by atoms with Crippen molar-refractivity contribution < 1.29 is 22.0 Å². The Balaban J connectivity index is 0.00000104. The smallest absolute Gasteiger partial charge is 0.148 e. The van der Waals surface area contributed by atoms with E-state index in [0.29, 0.717) is 52.5 Å². The van der Waals surface area contributed by atoms with Crippen LogP contribution in [0.3, 0.4) is 0 Å². The maximum Gasteiger partial charge on any atom is 0.148 e. The van der Waals surface area contributed by atoms with Crippen LogP contribution in [0.25, 0.3) is 22.2 Å². The van der Waals surface area contributed by atoms with Crippen molar-refractivity contribution in [1.82, 2.24) is 15.3 Å². The molecule has 5 rings (SSSR count). The zero-order chi connectivity index (χ0) is 31.5. The lowest BCUT2D eigenvalue weighted by Crippen LogP contribution is -2.21. The first kappa shape index (κ1) is 33.3. The molecule has 0 amide bonds. The largest absolute Gasteiger partial charge is 0.487 e. The monoisotopic (exact) mass is 656 g/mol. The number of sulfone groups is 1. The average Bonchev–Trinajstić information content (AvgIpc) is 3.48. The zero-order valence-electron chi connectivity index (χ0n) is 24.6. The van der Waals surface area contributed by atoms with Crippen LogP contribution >= 0.6 is 23.4 Å². The minimum absolute atomic E-state index is 0.0664. The van der Waals surface area contributed by atoms with Gasteiger partial charge in [0.25, 0.3) is 0 Å². The number of hydrogen-bond donors (Lipinski definition) is 2. The van der Waals surface area contributed by atoms with Gasteiger partial charge in [0.05, 0.1) is 22.8 Å². The van der Waals surface area contributed by atoms with Crippen LogP contribution in [0.15, 0.2) is 83.5 Å². The summed E-state index contributed by atoms with van der Waals surface area (Å²) in [6, 6.07) is 21.0. The summed E-state index contributed by atoms with van der Waals surface area (Å²) in [7, 11) is -3.02. The van der Waals surface area contributed by atoms with Crippen LogP contribution in [-0.2, 0) is 23.0 Å². The normalized spacial score (nSPS) is 11.2. The number of furan rings is 1. The molecular formula is C32H34ClFN4O4S2. The van der Waals surface area contributed by atoms with Crippen LogP contribution in [0.2, 0.25) is 5.02 Å². The van der Waals surface area contributed by atoms with Crippen LogP contribution in [0.5, 0.6) is 5.75 Å². The number of halogens is 2. The topological polar surface area (TPSA) is 106 Å². The van der Waals surface area contributed by atoms with E-state index in [0.717, 1.165) is 16.5 Å². The molecule has 232 valence electrons. The summed E-state index contributed by atoms with van der Waals surface area (Å²) in [5.74, 6) is 3.41. The molecule has 3 aromatic carbocycles. The number of anilines is 2. The number of aromatic nitrogens is 2. The summed E-state index contributed by atoms with van der Waals surface area (Å²) in [6.07, 6.45) is 4.79. The van der Waals surface area contributed by atoms with E-state index < -0.39 is 9.84 Å². The molecule has 0 aliphatic heterocycles. The molecule has 0 aliphatic carbocycles. The second-order valence-corrected chi connectivity index (χ2v) is 13.6. The molecule has 2 aromatic heterocycles. The molecule has 0 spiro atoms. The van der Waals surface area contributed by atoms with E-state index in [1.807, 2.05) is 48.2 Å². The van der Waals surface area contributed by atoms with Crippen LogP contribution in [0.1, 0.15) is 18.2 Å². The third-order valence-electron chi connectivity index (χ3n) is 6.30. The van der Waals surface area contributed by atoms with Gasteiger partial charge in [-0.2, -0.15) is 11.8 Å². The Kier molecular flexibility index (Phi) is 12.0. The predicted molar refractivity (Wildman–Crippen MR) is 178 cm³/mol. The Morgan fingerprint density at radius 2 is 1.86 bits per heavy atom. The van der Waals surface area contributed by atoms with Gasteiger partial charge >= 0.3 is 0 Å². The lowest BCUT2D eigenvalue weighted by atomic mass is 10.1. The number of fused-ring (bicyclic) bond motifs is 1. The van der Waals surface area contributed by atoms with Gasteiger partial charge in [0.15, 0.2) is 0 Å². The average molecular weight is 657 g/mol. The van der Waals surface area contributed by atoms with Gasteiger partial charge in [-0.15, -0.1) is 0 Å². The van der Waals surface area contributed by atoms with Crippen molar-refractivity contribution in [2.45, 2.75) is 20.1 Å². The molecule has 0 saturated heterocycles. The molecule has 0 saturated carbocycles. The Morgan fingerprint density at radius 3 is 2.59 bits per heavy atom. The van der Waals surface area contributed by atoms with E-state index in [4.69, 9.17) is 20.8 Å². The highest BCUT2D eigenvalue weighted by Crippen LogP contribution is 2.32. The number of ether oxygens (including phenoxy) is 1. The minimum Gasteiger partial charge on any atom is -0.487 e. The van der Waals surface area contributed by atoms with Crippen molar-refractivity contribution in [3.05, 3.63) is 101 Å². The van der Waals surface area contributed by atoms with Crippen molar-refractivity contribution in [3.63, 3.8) is 0 Å². The maximum atomic E-state index is 13.4. The molecule has 8 nitrogen and oxygen atoms in total. The zero-order valence-corrected chi connectivity index (χ0v) is 27.0. The highest BCUT2D eigenvalue weighted by molar-refractivity contribution is 7.98. The Labute approximate surface area is 266 Å². The summed E-state index contributed by atoms with van der Waals surface area (Å²) < 4.78 is 47.8. The highest BCUT2D eigenvalue weighted by Gasteiger charge is 2.11. The number of rotatable bonds is 12. The van der Waals surface area contributed by atoms with Crippen LogP contribution in [0, 0.1) is 5.82 Å².